The van der Waals surface area contributed by atoms with Gasteiger partial charge >= 0.3 is 6.03 Å². The molecule has 1 aliphatic rings. The maximum Gasteiger partial charge on any atom is 0.323 e. The number of aliphatic hydroxyl groups excluding tert-OH is 1. The number of aliphatic hydroxyl groups is 1. The van der Waals surface area contributed by atoms with Gasteiger partial charge in [-0.15, -0.1) is 0 Å². The Kier molecular flexibility index (Phi) is 13.2. The second-order valence-corrected chi connectivity index (χ2v) is 15.8. The molecule has 52 heavy (non-hydrogen) atoms. The number of benzene rings is 4. The molecule has 0 fully saturated rings. The summed E-state index contributed by atoms with van der Waals surface area (Å²) < 4.78 is 40.9. The molecule has 4 aromatic carbocycles. The fourth-order valence-corrected chi connectivity index (χ4v) is 7.53. The van der Waals surface area contributed by atoms with Crippen LogP contribution in [0, 0.1) is 5.92 Å². The van der Waals surface area contributed by atoms with Crippen molar-refractivity contribution in [2.45, 2.75) is 63.2 Å². The lowest BCUT2D eigenvalue weighted by atomic mass is 10.0. The Hall–Kier alpha value is -4.20. The molecule has 3 N–H and O–H groups in total. The Labute approximate surface area is 310 Å². The van der Waals surface area contributed by atoms with Crippen molar-refractivity contribution in [3.8, 4) is 5.75 Å². The van der Waals surface area contributed by atoms with Crippen LogP contribution >= 0.6 is 11.6 Å². The molecule has 0 radical (unpaired) electrons. The predicted molar refractivity (Wildman–Crippen MR) is 205 cm³/mol. The van der Waals surface area contributed by atoms with Crippen molar-refractivity contribution >= 4 is 55.7 Å². The molecule has 5 rings (SSSR count). The second-order valence-electron chi connectivity index (χ2n) is 13.4. The van der Waals surface area contributed by atoms with Crippen LogP contribution in [0.1, 0.15) is 50.4 Å². The molecule has 3 amide bonds. The number of rotatable bonds is 8. The van der Waals surface area contributed by atoms with Crippen LogP contribution in [0.5, 0.6) is 5.75 Å². The summed E-state index contributed by atoms with van der Waals surface area (Å²) in [5.41, 5.74) is 1.24. The first-order valence-electron chi connectivity index (χ1n) is 17.5. The maximum absolute atomic E-state index is 14.5. The van der Waals surface area contributed by atoms with E-state index in [1.54, 1.807) is 30.0 Å². The van der Waals surface area contributed by atoms with E-state index < -0.39 is 34.1 Å². The molecule has 0 spiro atoms. The highest BCUT2D eigenvalue weighted by Crippen LogP contribution is 2.30. The van der Waals surface area contributed by atoms with Gasteiger partial charge < -0.3 is 30.1 Å². The fraction of sp³-hybridized carbons (Fsp3) is 0.385. The highest BCUT2D eigenvalue weighted by Gasteiger charge is 2.32. The Balaban J connectivity index is 1.41. The highest BCUT2D eigenvalue weighted by molar-refractivity contribution is 7.89. The van der Waals surface area contributed by atoms with Crippen LogP contribution < -0.4 is 15.4 Å². The third kappa shape index (κ3) is 9.61. The molecule has 0 unspecified atom stereocenters. The Morgan fingerprint density at radius 3 is 2.50 bits per heavy atom. The number of carbonyl (C=O) groups excluding carboxylic acids is 2. The lowest BCUT2D eigenvalue weighted by Gasteiger charge is -2.35. The first kappa shape index (κ1) is 39.0. The summed E-state index contributed by atoms with van der Waals surface area (Å²) in [4.78, 5) is 29.4. The number of urea groups is 1. The van der Waals surface area contributed by atoms with Gasteiger partial charge in [-0.05, 0) is 87.0 Å². The number of anilines is 2. The average molecular weight is 751 g/mol. The predicted octanol–water partition coefficient (Wildman–Crippen LogP) is 7.25. The summed E-state index contributed by atoms with van der Waals surface area (Å²) in [7, 11) is -2.36. The van der Waals surface area contributed by atoms with Crippen LogP contribution in [0.25, 0.3) is 10.8 Å². The number of likely N-dealkylation sites (N-methyl/N-ethyl adjacent to an activating group) is 1. The highest BCUT2D eigenvalue weighted by atomic mass is 35.5. The summed E-state index contributed by atoms with van der Waals surface area (Å²) in [6.07, 6.45) is 1.38. The average Bonchev–Trinajstić information content (AvgIpc) is 3.13. The standard InChI is InChI=1S/C39H47ClN4O7S/c1-26-23-44(27(2)25-45)38(46)34-22-31(41-39(47)42-35-14-9-12-29-11-5-6-13-33(29)35)17-20-36(34)51-28(3)10-7-8-21-50-37(26)24-43(4)52(48,49)32-18-15-30(40)16-19-32/h5-6,9,11-20,22,26-28,37,45H,7-8,10,21,23-25H2,1-4H3,(H2,41,42,47)/t26-,27-,28+,37-/m0/s1. The number of nitrogens with one attached hydrogen (secondary N) is 2. The van der Waals surface area contributed by atoms with E-state index in [0.717, 1.165) is 23.6 Å². The normalized spacial score (nSPS) is 19.7. The van der Waals surface area contributed by atoms with Crippen molar-refractivity contribution in [3.05, 3.63) is 95.5 Å². The summed E-state index contributed by atoms with van der Waals surface area (Å²) in [5.74, 6) is -0.398. The van der Waals surface area contributed by atoms with Gasteiger partial charge in [0.2, 0.25) is 10.0 Å². The molecule has 0 saturated heterocycles. The molecule has 0 bridgehead atoms. The number of nitrogens with zero attached hydrogens (tertiary/aromatic N) is 2. The van der Waals surface area contributed by atoms with Crippen molar-refractivity contribution in [3.63, 3.8) is 0 Å². The molecular weight excluding hydrogens is 704 g/mol. The number of carbonyl (C=O) groups is 2. The van der Waals surface area contributed by atoms with Crippen LogP contribution in [0.2, 0.25) is 5.02 Å². The molecule has 0 aromatic heterocycles. The first-order chi connectivity index (χ1) is 24.9. The van der Waals surface area contributed by atoms with Crippen molar-refractivity contribution in [1.82, 2.24) is 9.21 Å². The van der Waals surface area contributed by atoms with Gasteiger partial charge in [0.1, 0.15) is 5.75 Å². The molecule has 278 valence electrons. The van der Waals surface area contributed by atoms with Crippen LogP contribution in [0.15, 0.2) is 89.8 Å². The zero-order chi connectivity index (χ0) is 37.4. The first-order valence-corrected chi connectivity index (χ1v) is 19.3. The minimum atomic E-state index is -3.86. The summed E-state index contributed by atoms with van der Waals surface area (Å²) in [6, 6.07) is 23.2. The van der Waals surface area contributed by atoms with Crippen molar-refractivity contribution in [2.75, 3.05) is 44.0 Å². The van der Waals surface area contributed by atoms with E-state index in [1.807, 2.05) is 56.3 Å². The van der Waals surface area contributed by atoms with Crippen LogP contribution in [-0.4, -0.2) is 86.3 Å². The van der Waals surface area contributed by atoms with E-state index in [-0.39, 0.29) is 42.2 Å². The van der Waals surface area contributed by atoms with E-state index in [2.05, 4.69) is 10.6 Å². The Morgan fingerprint density at radius 2 is 1.75 bits per heavy atom. The molecule has 13 heteroatoms. The van der Waals surface area contributed by atoms with Crippen LogP contribution in [0.3, 0.4) is 0 Å². The SMILES string of the molecule is C[C@@H]1CCCCO[C@@H](CN(C)S(=O)(=O)c2ccc(Cl)cc2)[C@@H](C)CN([C@@H](C)CO)C(=O)c2cc(NC(=O)Nc3cccc4ccccc34)ccc2O1. The molecule has 0 aliphatic carbocycles. The molecule has 1 heterocycles. The van der Waals surface area contributed by atoms with Crippen LogP contribution in [-0.2, 0) is 14.8 Å². The lowest BCUT2D eigenvalue weighted by Crippen LogP contribution is -2.48. The quantitative estimate of drug-likeness (QED) is 0.173. The van der Waals surface area contributed by atoms with Gasteiger partial charge in [-0.3, -0.25) is 4.79 Å². The van der Waals surface area contributed by atoms with Gasteiger partial charge in [-0.2, -0.15) is 4.31 Å². The van der Waals surface area contributed by atoms with Gasteiger partial charge in [0.05, 0.1) is 41.0 Å². The molecule has 0 saturated carbocycles. The summed E-state index contributed by atoms with van der Waals surface area (Å²) >= 11 is 6.00. The number of hydrogen-bond donors (Lipinski definition) is 3. The Bertz CT molecular complexity index is 1950. The van der Waals surface area contributed by atoms with Crippen molar-refractivity contribution in [2.24, 2.45) is 5.92 Å². The molecule has 4 aromatic rings. The van der Waals surface area contributed by atoms with Crippen LogP contribution in [0.4, 0.5) is 16.2 Å². The monoisotopic (exact) mass is 750 g/mol. The molecular formula is C39H47ClN4O7S. The van der Waals surface area contributed by atoms with Gasteiger partial charge in [0.15, 0.2) is 0 Å². The lowest BCUT2D eigenvalue weighted by molar-refractivity contribution is -0.00833. The molecule has 1 aliphatic heterocycles. The van der Waals surface area contributed by atoms with Crippen molar-refractivity contribution in [1.29, 1.82) is 0 Å². The van der Waals surface area contributed by atoms with Gasteiger partial charge in [0.25, 0.3) is 5.91 Å². The maximum atomic E-state index is 14.5. The number of halogens is 1. The largest absolute Gasteiger partial charge is 0.490 e. The fourth-order valence-electron chi connectivity index (χ4n) is 6.22. The minimum absolute atomic E-state index is 0.0393. The van der Waals surface area contributed by atoms with E-state index in [0.29, 0.717) is 35.2 Å². The zero-order valence-electron chi connectivity index (χ0n) is 29.9. The van der Waals surface area contributed by atoms with E-state index >= 15 is 0 Å². The molecule has 4 atom stereocenters. The topological polar surface area (TPSA) is 138 Å². The number of hydrogen-bond acceptors (Lipinski definition) is 7. The third-order valence-electron chi connectivity index (χ3n) is 9.31. The van der Waals surface area contributed by atoms with E-state index in [1.165, 1.54) is 35.6 Å². The van der Waals surface area contributed by atoms with Gasteiger partial charge in [0, 0.05) is 48.8 Å². The van der Waals surface area contributed by atoms with E-state index in [4.69, 9.17) is 21.1 Å². The summed E-state index contributed by atoms with van der Waals surface area (Å²) in [5, 5.41) is 18.4. The molecule has 11 nitrogen and oxygen atoms in total. The number of ether oxygens (including phenoxy) is 2. The number of amides is 3. The minimum Gasteiger partial charge on any atom is -0.490 e. The summed E-state index contributed by atoms with van der Waals surface area (Å²) in [6.45, 7) is 5.84. The zero-order valence-corrected chi connectivity index (χ0v) is 31.5. The third-order valence-corrected chi connectivity index (χ3v) is 11.4. The smallest absolute Gasteiger partial charge is 0.323 e. The Morgan fingerprint density at radius 1 is 1.02 bits per heavy atom. The number of fused-ring (bicyclic) bond motifs is 2. The second kappa shape index (κ2) is 17.5. The van der Waals surface area contributed by atoms with Crippen molar-refractivity contribution < 1.29 is 32.6 Å². The van der Waals surface area contributed by atoms with Gasteiger partial charge in [-0.1, -0.05) is 54.9 Å². The van der Waals surface area contributed by atoms with Gasteiger partial charge in [-0.25, -0.2) is 13.2 Å². The van der Waals surface area contributed by atoms with E-state index in [9.17, 15) is 23.1 Å². The number of sulfonamides is 1.